The standard InChI is InChI=1S/2C30H36OSi/c2*1-21(2)24-17-13-18-25(22(3)4)29(24)31-27-20-32(30(5,6)7,23-14-9-8-10-15-23)28-19-12-11-16-26(27)28/h2*8-22H,1-7H3/t2*32-/m10/s1. The SMILES string of the molecule is CC(C)c1cccc(C(C)C)c1OC1=C[Si@@](c2ccccc2)(C(C)(C)C)c2ccccc21.CC(C)c1cccc(C(C)C)c1OC1=C[Si@](c2ccccc2)(C(C)(C)C)c2ccccc21. The van der Waals surface area contributed by atoms with Crippen LogP contribution in [0.25, 0.3) is 11.5 Å². The molecule has 0 spiro atoms. The molecule has 332 valence electrons. The van der Waals surface area contributed by atoms with Crippen molar-refractivity contribution in [1.82, 2.24) is 0 Å². The van der Waals surface area contributed by atoms with Crippen molar-refractivity contribution in [3.63, 3.8) is 0 Å². The Labute approximate surface area is 388 Å². The molecule has 2 atom stereocenters. The van der Waals surface area contributed by atoms with Gasteiger partial charge in [-0.05, 0) is 88.1 Å². The van der Waals surface area contributed by atoms with Crippen molar-refractivity contribution in [3.05, 3.63) is 190 Å². The summed E-state index contributed by atoms with van der Waals surface area (Å²) >= 11 is 0. The second-order valence-corrected chi connectivity index (χ2v) is 30.4. The van der Waals surface area contributed by atoms with Crippen molar-refractivity contribution in [2.75, 3.05) is 0 Å². The van der Waals surface area contributed by atoms with Crippen molar-refractivity contribution < 1.29 is 9.47 Å². The van der Waals surface area contributed by atoms with Gasteiger partial charge in [0.2, 0.25) is 0 Å². The van der Waals surface area contributed by atoms with Crippen LogP contribution in [-0.2, 0) is 0 Å². The first kappa shape index (κ1) is 46.8. The lowest BCUT2D eigenvalue weighted by Crippen LogP contribution is -2.62. The summed E-state index contributed by atoms with van der Waals surface area (Å²) in [4.78, 5) is 0. The number of para-hydroxylation sites is 2. The highest BCUT2D eigenvalue weighted by molar-refractivity contribution is 7.10. The van der Waals surface area contributed by atoms with Gasteiger partial charge >= 0.3 is 0 Å². The van der Waals surface area contributed by atoms with E-state index in [0.29, 0.717) is 23.7 Å². The third kappa shape index (κ3) is 8.45. The highest BCUT2D eigenvalue weighted by atomic mass is 28.3. The van der Waals surface area contributed by atoms with E-state index in [1.807, 2.05) is 0 Å². The molecule has 0 bridgehead atoms. The largest absolute Gasteiger partial charge is 0.457 e. The Hall–Kier alpha value is -5.17. The van der Waals surface area contributed by atoms with E-state index in [0.717, 1.165) is 23.0 Å². The van der Waals surface area contributed by atoms with Gasteiger partial charge in [0.1, 0.15) is 23.0 Å². The maximum Gasteiger partial charge on any atom is 0.151 e. The first-order chi connectivity index (χ1) is 30.3. The van der Waals surface area contributed by atoms with Crippen LogP contribution in [0.15, 0.2) is 157 Å². The van der Waals surface area contributed by atoms with Crippen LogP contribution in [0.5, 0.6) is 11.5 Å². The Bertz CT molecular complexity index is 2400. The van der Waals surface area contributed by atoms with Gasteiger partial charge < -0.3 is 9.47 Å². The maximum absolute atomic E-state index is 6.95. The van der Waals surface area contributed by atoms with E-state index in [-0.39, 0.29) is 10.1 Å². The van der Waals surface area contributed by atoms with Crippen LogP contribution in [0.4, 0.5) is 0 Å². The molecule has 6 aromatic rings. The first-order valence-electron chi connectivity index (χ1n) is 23.7. The molecule has 2 nitrogen and oxygen atoms in total. The Morgan fingerprint density at radius 1 is 0.344 bits per heavy atom. The number of ether oxygens (including phenoxy) is 2. The molecule has 4 heteroatoms. The molecule has 64 heavy (non-hydrogen) atoms. The van der Waals surface area contributed by atoms with E-state index in [1.54, 1.807) is 0 Å². The van der Waals surface area contributed by atoms with E-state index in [9.17, 15) is 0 Å². The summed E-state index contributed by atoms with van der Waals surface area (Å²) in [6.45, 7) is 32.4. The number of hydrogen-bond donors (Lipinski definition) is 0. The molecule has 2 aliphatic heterocycles. The summed E-state index contributed by atoms with van der Waals surface area (Å²) in [5.41, 5.74) is 12.7. The summed E-state index contributed by atoms with van der Waals surface area (Å²) in [6.07, 6.45) is 0. The summed E-state index contributed by atoms with van der Waals surface area (Å²) in [5, 5.41) is 6.02. The molecule has 6 aromatic carbocycles. The van der Waals surface area contributed by atoms with Crippen LogP contribution in [-0.4, -0.2) is 16.1 Å². The predicted octanol–water partition coefficient (Wildman–Crippen LogP) is 14.5. The lowest BCUT2D eigenvalue weighted by Gasteiger charge is -2.39. The zero-order valence-corrected chi connectivity index (χ0v) is 43.1. The minimum Gasteiger partial charge on any atom is -0.457 e. The number of benzene rings is 6. The third-order valence-corrected chi connectivity index (χ3v) is 25.0. The van der Waals surface area contributed by atoms with Gasteiger partial charge in [0, 0.05) is 11.1 Å². The Morgan fingerprint density at radius 2 is 0.625 bits per heavy atom. The summed E-state index contributed by atoms with van der Waals surface area (Å²) in [6, 6.07) is 53.3. The molecule has 0 N–H and O–H groups in total. The van der Waals surface area contributed by atoms with Crippen molar-refractivity contribution in [2.24, 2.45) is 0 Å². The smallest absolute Gasteiger partial charge is 0.151 e. The zero-order valence-electron chi connectivity index (χ0n) is 41.1. The van der Waals surface area contributed by atoms with E-state index in [1.165, 1.54) is 54.1 Å². The topological polar surface area (TPSA) is 18.5 Å². The van der Waals surface area contributed by atoms with Crippen LogP contribution >= 0.6 is 0 Å². The van der Waals surface area contributed by atoms with Gasteiger partial charge in [0.25, 0.3) is 0 Å². The Morgan fingerprint density at radius 3 is 0.906 bits per heavy atom. The van der Waals surface area contributed by atoms with Crippen molar-refractivity contribution >= 4 is 48.4 Å². The van der Waals surface area contributed by atoms with Gasteiger partial charge in [0.05, 0.1) is 0 Å². The first-order valence-corrected chi connectivity index (χ1v) is 27.9. The minimum atomic E-state index is -2.22. The molecule has 8 rings (SSSR count). The van der Waals surface area contributed by atoms with Crippen molar-refractivity contribution in [1.29, 1.82) is 0 Å². The average molecular weight is 881 g/mol. The average Bonchev–Trinajstić information content (AvgIpc) is 3.79. The Balaban J connectivity index is 0.000000191. The van der Waals surface area contributed by atoms with Crippen LogP contribution in [0, 0.1) is 0 Å². The summed E-state index contributed by atoms with van der Waals surface area (Å²) < 4.78 is 13.9. The molecule has 2 heterocycles. The second kappa shape index (κ2) is 18.4. The molecule has 0 saturated heterocycles. The highest BCUT2D eigenvalue weighted by Gasteiger charge is 2.52. The monoisotopic (exact) mass is 881 g/mol. The summed E-state index contributed by atoms with van der Waals surface area (Å²) in [7, 11) is -4.45. The fourth-order valence-corrected chi connectivity index (χ4v) is 20.5. The van der Waals surface area contributed by atoms with Crippen LogP contribution in [0.2, 0.25) is 10.1 Å². The molecule has 0 saturated carbocycles. The van der Waals surface area contributed by atoms with Gasteiger partial charge in [-0.15, -0.1) is 0 Å². The van der Waals surface area contributed by atoms with Crippen LogP contribution in [0.1, 0.15) is 154 Å². The molecule has 0 unspecified atom stereocenters. The van der Waals surface area contributed by atoms with Crippen molar-refractivity contribution in [2.45, 2.75) is 131 Å². The second-order valence-electron chi connectivity index (χ2n) is 21.3. The number of fused-ring (bicyclic) bond motifs is 2. The normalized spacial score (nSPS) is 18.1. The van der Waals surface area contributed by atoms with Crippen LogP contribution in [0.3, 0.4) is 0 Å². The zero-order chi connectivity index (χ0) is 46.2. The van der Waals surface area contributed by atoms with E-state index < -0.39 is 16.1 Å². The highest BCUT2D eigenvalue weighted by Crippen LogP contribution is 2.47. The van der Waals surface area contributed by atoms with Gasteiger partial charge in [-0.25, -0.2) is 0 Å². The van der Waals surface area contributed by atoms with Gasteiger partial charge in [-0.2, -0.15) is 0 Å². The molecule has 2 aliphatic rings. The van der Waals surface area contributed by atoms with Crippen molar-refractivity contribution in [3.8, 4) is 11.5 Å². The number of rotatable bonds is 10. The summed E-state index contributed by atoms with van der Waals surface area (Å²) in [5.74, 6) is 5.76. The maximum atomic E-state index is 6.95. The minimum absolute atomic E-state index is 0.105. The molecule has 0 aliphatic carbocycles. The third-order valence-electron chi connectivity index (χ3n) is 13.8. The Kier molecular flexibility index (Phi) is 13.4. The van der Waals surface area contributed by atoms with Gasteiger partial charge in [-0.1, -0.05) is 243 Å². The molecular weight excluding hydrogens is 809 g/mol. The quantitative estimate of drug-likeness (QED) is 0.128. The molecule has 0 fully saturated rings. The number of hydrogen-bond acceptors (Lipinski definition) is 2. The lowest BCUT2D eigenvalue weighted by atomic mass is 9.94. The molecule has 0 aromatic heterocycles. The molecule has 0 amide bonds. The van der Waals surface area contributed by atoms with Crippen LogP contribution < -0.4 is 30.2 Å². The fraction of sp³-hybridized carbons (Fsp3) is 0.333. The predicted molar refractivity (Wildman–Crippen MR) is 282 cm³/mol. The fourth-order valence-electron chi connectivity index (χ4n) is 10.4. The lowest BCUT2D eigenvalue weighted by molar-refractivity contribution is 0.494. The molecular formula is C60H72O2Si2. The van der Waals surface area contributed by atoms with Gasteiger partial charge in [0.15, 0.2) is 16.1 Å². The molecule has 0 radical (unpaired) electrons. The van der Waals surface area contributed by atoms with E-state index in [4.69, 9.17) is 9.47 Å². The van der Waals surface area contributed by atoms with E-state index in [2.05, 4.69) is 254 Å². The van der Waals surface area contributed by atoms with Gasteiger partial charge in [-0.3, -0.25) is 0 Å². The van der Waals surface area contributed by atoms with E-state index >= 15 is 0 Å².